The second-order valence-corrected chi connectivity index (χ2v) is 15.2. The zero-order valence-electron chi connectivity index (χ0n) is 32.4. The summed E-state index contributed by atoms with van der Waals surface area (Å²) in [6, 6.07) is 74.7. The Morgan fingerprint density at radius 3 is 1.52 bits per heavy atom. The number of para-hydroxylation sites is 5. The molecule has 0 unspecified atom stereocenters. The number of pyridine rings is 1. The second kappa shape index (κ2) is 13.8. The van der Waals surface area contributed by atoms with Gasteiger partial charge in [-0.25, -0.2) is 15.0 Å². The quantitative estimate of drug-likeness (QED) is 0.169. The molecule has 4 heterocycles. The van der Waals surface area contributed by atoms with Gasteiger partial charge in [-0.2, -0.15) is 0 Å². The summed E-state index contributed by atoms with van der Waals surface area (Å²) >= 11 is 0. The molecular weight excluding hydrogens is 731 g/mol. The van der Waals surface area contributed by atoms with Gasteiger partial charge in [-0.05, 0) is 59.7 Å². The first kappa shape index (κ1) is 33.9. The highest BCUT2D eigenvalue weighted by molar-refractivity contribution is 6.28. The molecule has 60 heavy (non-hydrogen) atoms. The Bertz CT molecular complexity index is 3570. The van der Waals surface area contributed by atoms with E-state index in [9.17, 15) is 0 Å². The van der Waals surface area contributed by atoms with E-state index in [1.54, 1.807) is 0 Å². The average Bonchev–Trinajstić information content (AvgIpc) is 3.85. The van der Waals surface area contributed by atoms with Gasteiger partial charge in [0.15, 0.2) is 5.82 Å². The molecule has 0 N–H and O–H groups in total. The molecule has 0 saturated carbocycles. The summed E-state index contributed by atoms with van der Waals surface area (Å²) in [6.45, 7) is 0. The Kier molecular flexibility index (Phi) is 7.78. The van der Waals surface area contributed by atoms with Gasteiger partial charge in [-0.15, -0.1) is 0 Å². The predicted octanol–water partition coefficient (Wildman–Crippen LogP) is 13.9. The zero-order chi connectivity index (χ0) is 39.6. The minimum absolute atomic E-state index is 0.689. The van der Waals surface area contributed by atoms with Crippen molar-refractivity contribution in [1.82, 2.24) is 24.1 Å². The van der Waals surface area contributed by atoms with Crippen LogP contribution < -0.4 is 0 Å². The van der Waals surface area contributed by atoms with Gasteiger partial charge < -0.3 is 4.57 Å². The lowest BCUT2D eigenvalue weighted by atomic mass is 9.98. The summed E-state index contributed by atoms with van der Waals surface area (Å²) < 4.78 is 4.74. The normalized spacial score (nSPS) is 11.7. The highest BCUT2D eigenvalue weighted by atomic mass is 15.1. The van der Waals surface area contributed by atoms with Crippen LogP contribution in [0.3, 0.4) is 0 Å². The molecule has 0 saturated heterocycles. The molecule has 12 aromatic rings. The summed E-state index contributed by atoms with van der Waals surface area (Å²) in [5.41, 5.74) is 14.5. The van der Waals surface area contributed by atoms with E-state index in [-0.39, 0.29) is 0 Å². The Morgan fingerprint density at radius 1 is 0.317 bits per heavy atom. The summed E-state index contributed by atoms with van der Waals surface area (Å²) in [6.07, 6.45) is 0. The lowest BCUT2D eigenvalue weighted by molar-refractivity contribution is 1.14. The monoisotopic (exact) mass is 765 g/mol. The average molecular weight is 766 g/mol. The molecule has 0 amide bonds. The van der Waals surface area contributed by atoms with Crippen molar-refractivity contribution in [2.24, 2.45) is 0 Å². The van der Waals surface area contributed by atoms with E-state index in [4.69, 9.17) is 15.0 Å². The molecule has 0 aliphatic carbocycles. The first-order valence-corrected chi connectivity index (χ1v) is 20.3. The van der Waals surface area contributed by atoms with Crippen molar-refractivity contribution < 1.29 is 0 Å². The van der Waals surface area contributed by atoms with Crippen molar-refractivity contribution in [3.05, 3.63) is 212 Å². The van der Waals surface area contributed by atoms with Crippen molar-refractivity contribution in [2.45, 2.75) is 0 Å². The Morgan fingerprint density at radius 2 is 0.817 bits per heavy atom. The van der Waals surface area contributed by atoms with Crippen molar-refractivity contribution in [3.8, 4) is 56.4 Å². The fourth-order valence-corrected chi connectivity index (χ4v) is 9.02. The fraction of sp³-hybridized carbons (Fsp3) is 0. The van der Waals surface area contributed by atoms with Crippen LogP contribution >= 0.6 is 0 Å². The zero-order valence-corrected chi connectivity index (χ0v) is 32.4. The molecule has 0 radical (unpaired) electrons. The summed E-state index contributed by atoms with van der Waals surface area (Å²) in [4.78, 5) is 16.2. The van der Waals surface area contributed by atoms with E-state index in [0.29, 0.717) is 5.82 Å². The minimum Gasteiger partial charge on any atom is -0.308 e. The SMILES string of the molecule is c1ccc(-c2ccc(-c3nc(-c4cccc(-c5nc6c(c7ccccc7n6-c6ccccc6)c6c5c5ccccc5n6-c5ccccc5)c4)c4ccccc4n3)cc2)cc1. The van der Waals surface area contributed by atoms with Crippen LogP contribution in [0.1, 0.15) is 0 Å². The van der Waals surface area contributed by atoms with Crippen LogP contribution in [-0.2, 0) is 0 Å². The molecule has 280 valence electrons. The van der Waals surface area contributed by atoms with Crippen LogP contribution in [0.15, 0.2) is 212 Å². The van der Waals surface area contributed by atoms with Crippen LogP contribution in [0.4, 0.5) is 0 Å². The topological polar surface area (TPSA) is 48.5 Å². The van der Waals surface area contributed by atoms with Crippen molar-refractivity contribution in [2.75, 3.05) is 0 Å². The molecule has 0 bridgehead atoms. The van der Waals surface area contributed by atoms with Crippen LogP contribution in [0.2, 0.25) is 0 Å². The Balaban J connectivity index is 1.14. The van der Waals surface area contributed by atoms with E-state index in [1.165, 1.54) is 5.56 Å². The molecule has 5 nitrogen and oxygen atoms in total. The predicted molar refractivity (Wildman–Crippen MR) is 248 cm³/mol. The van der Waals surface area contributed by atoms with Crippen LogP contribution in [-0.4, -0.2) is 24.1 Å². The number of rotatable bonds is 6. The third kappa shape index (κ3) is 5.37. The van der Waals surface area contributed by atoms with Gasteiger partial charge in [0.2, 0.25) is 0 Å². The van der Waals surface area contributed by atoms with E-state index < -0.39 is 0 Å². The number of aromatic nitrogens is 5. The highest BCUT2D eigenvalue weighted by Crippen LogP contribution is 2.45. The van der Waals surface area contributed by atoms with E-state index in [1.807, 2.05) is 12.1 Å². The number of hydrogen-bond acceptors (Lipinski definition) is 3. The molecule has 0 aliphatic rings. The van der Waals surface area contributed by atoms with Gasteiger partial charge in [-0.3, -0.25) is 4.57 Å². The number of nitrogens with zero attached hydrogens (tertiary/aromatic N) is 5. The number of fused-ring (bicyclic) bond motifs is 8. The standard InChI is InChI=1S/C55H35N5/c1-4-17-36(18-5-1)37-31-33-38(34-32-37)54-56-46-28-13-10-25-43(46)51(57-54)39-19-16-20-40(35-39)52-49-44-26-11-14-29-47(44)59(41-21-6-2-7-22-41)53(49)50-45-27-12-15-30-48(45)60(55(50)58-52)42-23-8-3-9-24-42/h1-35H. The van der Waals surface area contributed by atoms with Crippen LogP contribution in [0, 0.1) is 0 Å². The molecule has 4 aromatic heterocycles. The van der Waals surface area contributed by atoms with Gasteiger partial charge in [-0.1, -0.05) is 164 Å². The van der Waals surface area contributed by atoms with Crippen LogP contribution in [0.25, 0.3) is 111 Å². The third-order valence-corrected chi connectivity index (χ3v) is 11.7. The highest BCUT2D eigenvalue weighted by Gasteiger charge is 2.25. The second-order valence-electron chi connectivity index (χ2n) is 15.2. The third-order valence-electron chi connectivity index (χ3n) is 11.7. The molecule has 5 heteroatoms. The maximum atomic E-state index is 5.76. The van der Waals surface area contributed by atoms with Crippen molar-refractivity contribution >= 4 is 54.6 Å². The van der Waals surface area contributed by atoms with E-state index >= 15 is 0 Å². The molecular formula is C55H35N5. The molecule has 0 spiro atoms. The van der Waals surface area contributed by atoms with Gasteiger partial charge in [0.1, 0.15) is 5.65 Å². The summed E-state index contributed by atoms with van der Waals surface area (Å²) in [7, 11) is 0. The largest absolute Gasteiger partial charge is 0.308 e. The van der Waals surface area contributed by atoms with Crippen molar-refractivity contribution in [3.63, 3.8) is 0 Å². The molecule has 8 aromatic carbocycles. The van der Waals surface area contributed by atoms with Gasteiger partial charge in [0.25, 0.3) is 0 Å². The molecule has 0 fully saturated rings. The van der Waals surface area contributed by atoms with Crippen LogP contribution in [0.5, 0.6) is 0 Å². The van der Waals surface area contributed by atoms with Gasteiger partial charge in [0, 0.05) is 49.6 Å². The molecule has 0 atom stereocenters. The number of hydrogen-bond donors (Lipinski definition) is 0. The van der Waals surface area contributed by atoms with E-state index in [0.717, 1.165) is 99.7 Å². The molecule has 0 aliphatic heterocycles. The van der Waals surface area contributed by atoms with Crippen molar-refractivity contribution in [1.29, 1.82) is 0 Å². The van der Waals surface area contributed by atoms with Gasteiger partial charge >= 0.3 is 0 Å². The maximum Gasteiger partial charge on any atom is 0.160 e. The summed E-state index contributed by atoms with van der Waals surface area (Å²) in [5.74, 6) is 0.689. The maximum absolute atomic E-state index is 5.76. The first-order chi connectivity index (χ1) is 29.8. The van der Waals surface area contributed by atoms with E-state index in [2.05, 4.69) is 209 Å². The lowest BCUT2D eigenvalue weighted by Crippen LogP contribution is -1.99. The lowest BCUT2D eigenvalue weighted by Gasteiger charge is -2.13. The first-order valence-electron chi connectivity index (χ1n) is 20.3. The molecule has 12 rings (SSSR count). The Hall–Kier alpha value is -8.15. The fourth-order valence-electron chi connectivity index (χ4n) is 9.02. The Labute approximate surface area is 346 Å². The smallest absolute Gasteiger partial charge is 0.160 e. The summed E-state index contributed by atoms with van der Waals surface area (Å²) in [5, 5.41) is 5.54. The number of benzene rings is 8. The minimum atomic E-state index is 0.689. The van der Waals surface area contributed by atoms with Gasteiger partial charge in [0.05, 0.1) is 38.8 Å².